The summed E-state index contributed by atoms with van der Waals surface area (Å²) in [6.07, 6.45) is 5.45. The molecule has 2 atom stereocenters. The molecule has 82 valence electrons. The van der Waals surface area contributed by atoms with Gasteiger partial charge in [0, 0.05) is 12.2 Å². The van der Waals surface area contributed by atoms with Crippen LogP contribution >= 0.6 is 27.5 Å². The second-order valence-corrected chi connectivity index (χ2v) is 5.19. The molecule has 0 spiro atoms. The third-order valence-electron chi connectivity index (χ3n) is 2.90. The lowest BCUT2D eigenvalue weighted by molar-refractivity contribution is 0.554. The fourth-order valence-corrected chi connectivity index (χ4v) is 2.42. The Morgan fingerprint density at radius 1 is 1.53 bits per heavy atom. The van der Waals surface area contributed by atoms with Crippen molar-refractivity contribution in [1.29, 1.82) is 0 Å². The molecule has 5 heteroatoms. The Kier molecular flexibility index (Phi) is 3.46. The number of nitrogens with one attached hydrogen (secondary N) is 1. The van der Waals surface area contributed by atoms with Gasteiger partial charge < -0.3 is 5.32 Å². The Labute approximate surface area is 103 Å². The molecule has 15 heavy (non-hydrogen) atoms. The summed E-state index contributed by atoms with van der Waals surface area (Å²) in [6.45, 7) is 2.27. The zero-order valence-electron chi connectivity index (χ0n) is 8.50. The Bertz CT molecular complexity index is 359. The lowest BCUT2D eigenvalue weighted by Crippen LogP contribution is -2.22. The smallest absolute Gasteiger partial charge is 0.224 e. The summed E-state index contributed by atoms with van der Waals surface area (Å²) in [5, 5.41) is 3.70. The Hall–Kier alpha value is -0.350. The van der Waals surface area contributed by atoms with E-state index in [1.165, 1.54) is 19.3 Å². The van der Waals surface area contributed by atoms with Gasteiger partial charge in [0.1, 0.15) is 5.82 Å². The van der Waals surface area contributed by atoms with Gasteiger partial charge in [0.05, 0.1) is 4.47 Å². The normalized spacial score (nSPS) is 25.5. The summed E-state index contributed by atoms with van der Waals surface area (Å²) in [5.41, 5.74) is 0. The third kappa shape index (κ3) is 2.61. The molecule has 0 bridgehead atoms. The molecule has 0 aliphatic heterocycles. The maximum absolute atomic E-state index is 5.76. The van der Waals surface area contributed by atoms with Crippen molar-refractivity contribution in [2.75, 3.05) is 5.32 Å². The van der Waals surface area contributed by atoms with E-state index in [4.69, 9.17) is 11.6 Å². The van der Waals surface area contributed by atoms with Gasteiger partial charge in [0.15, 0.2) is 0 Å². The highest BCUT2D eigenvalue weighted by Crippen LogP contribution is 2.29. The van der Waals surface area contributed by atoms with Crippen LogP contribution in [0.5, 0.6) is 0 Å². The van der Waals surface area contributed by atoms with Crippen LogP contribution in [-0.2, 0) is 0 Å². The first-order chi connectivity index (χ1) is 7.16. The van der Waals surface area contributed by atoms with Gasteiger partial charge in [0.2, 0.25) is 5.28 Å². The van der Waals surface area contributed by atoms with Gasteiger partial charge >= 0.3 is 0 Å². The zero-order valence-corrected chi connectivity index (χ0v) is 10.8. The fraction of sp³-hybridized carbons (Fsp3) is 0.600. The van der Waals surface area contributed by atoms with Crippen LogP contribution in [0.25, 0.3) is 0 Å². The van der Waals surface area contributed by atoms with Crippen molar-refractivity contribution >= 4 is 33.3 Å². The minimum absolute atomic E-state index is 0.284. The van der Waals surface area contributed by atoms with Crippen LogP contribution in [0, 0.1) is 5.92 Å². The van der Waals surface area contributed by atoms with Crippen molar-refractivity contribution < 1.29 is 0 Å². The van der Waals surface area contributed by atoms with Crippen LogP contribution in [0.1, 0.15) is 26.2 Å². The molecule has 0 aromatic carbocycles. The number of anilines is 1. The van der Waals surface area contributed by atoms with E-state index in [2.05, 4.69) is 38.1 Å². The molecule has 0 saturated heterocycles. The molecule has 2 unspecified atom stereocenters. The summed E-state index contributed by atoms with van der Waals surface area (Å²) in [4.78, 5) is 8.07. The lowest BCUT2D eigenvalue weighted by Gasteiger charge is -2.18. The maximum atomic E-state index is 5.76. The zero-order chi connectivity index (χ0) is 10.8. The third-order valence-corrected chi connectivity index (χ3v) is 3.66. The van der Waals surface area contributed by atoms with Crippen molar-refractivity contribution in [2.24, 2.45) is 5.92 Å². The highest BCUT2D eigenvalue weighted by Gasteiger charge is 2.24. The molecule has 1 aliphatic carbocycles. The number of halogens is 2. The Morgan fingerprint density at radius 2 is 2.33 bits per heavy atom. The van der Waals surface area contributed by atoms with E-state index in [1.807, 2.05) is 0 Å². The average Bonchev–Trinajstić information content (AvgIpc) is 2.58. The summed E-state index contributed by atoms with van der Waals surface area (Å²) in [5.74, 6) is 1.50. The van der Waals surface area contributed by atoms with Crippen LogP contribution in [0.3, 0.4) is 0 Å². The quantitative estimate of drug-likeness (QED) is 0.847. The van der Waals surface area contributed by atoms with E-state index in [0.29, 0.717) is 12.0 Å². The predicted molar refractivity (Wildman–Crippen MR) is 65.2 cm³/mol. The number of nitrogens with zero attached hydrogens (tertiary/aromatic N) is 2. The first kappa shape index (κ1) is 11.1. The standard InChI is InChI=1S/C10H13BrClN3/c1-6-3-2-4-8(6)14-9-7(11)5-13-10(12)15-9/h5-6,8H,2-4H2,1H3,(H,13,14,15). The number of hydrogen-bond donors (Lipinski definition) is 1. The molecule has 1 aliphatic rings. The number of aromatic nitrogens is 2. The first-order valence-electron chi connectivity index (χ1n) is 5.11. The molecule has 1 aromatic heterocycles. The van der Waals surface area contributed by atoms with Crippen LogP contribution in [-0.4, -0.2) is 16.0 Å². The maximum Gasteiger partial charge on any atom is 0.224 e. The van der Waals surface area contributed by atoms with Crippen molar-refractivity contribution in [3.63, 3.8) is 0 Å². The van der Waals surface area contributed by atoms with Crippen LogP contribution in [0.4, 0.5) is 5.82 Å². The van der Waals surface area contributed by atoms with Gasteiger partial charge in [-0.3, -0.25) is 0 Å². The summed E-state index contributed by atoms with van der Waals surface area (Å²) in [7, 11) is 0. The van der Waals surface area contributed by atoms with E-state index in [1.54, 1.807) is 6.20 Å². The van der Waals surface area contributed by atoms with Crippen LogP contribution < -0.4 is 5.32 Å². The SMILES string of the molecule is CC1CCCC1Nc1nc(Cl)ncc1Br. The van der Waals surface area contributed by atoms with Gasteiger partial charge in [-0.05, 0) is 46.3 Å². The van der Waals surface area contributed by atoms with Gasteiger partial charge in [0.25, 0.3) is 0 Å². The first-order valence-corrected chi connectivity index (χ1v) is 6.28. The predicted octanol–water partition coefficient (Wildman–Crippen LogP) is 3.49. The lowest BCUT2D eigenvalue weighted by atomic mass is 10.1. The van der Waals surface area contributed by atoms with Gasteiger partial charge in [-0.2, -0.15) is 4.98 Å². The largest absolute Gasteiger partial charge is 0.366 e. The van der Waals surface area contributed by atoms with E-state index in [0.717, 1.165) is 10.3 Å². The van der Waals surface area contributed by atoms with E-state index < -0.39 is 0 Å². The minimum atomic E-state index is 0.284. The highest BCUT2D eigenvalue weighted by molar-refractivity contribution is 9.10. The van der Waals surface area contributed by atoms with E-state index in [-0.39, 0.29) is 5.28 Å². The van der Waals surface area contributed by atoms with Crippen molar-refractivity contribution in [3.05, 3.63) is 16.0 Å². The highest BCUT2D eigenvalue weighted by atomic mass is 79.9. The molecular weight excluding hydrogens is 277 g/mol. The molecule has 0 radical (unpaired) electrons. The Balaban J connectivity index is 2.12. The number of rotatable bonds is 2. The van der Waals surface area contributed by atoms with Crippen molar-refractivity contribution in [3.8, 4) is 0 Å². The summed E-state index contributed by atoms with van der Waals surface area (Å²) in [6, 6.07) is 0.507. The summed E-state index contributed by atoms with van der Waals surface area (Å²) >= 11 is 9.17. The molecular formula is C10H13BrClN3. The van der Waals surface area contributed by atoms with E-state index >= 15 is 0 Å². The van der Waals surface area contributed by atoms with E-state index in [9.17, 15) is 0 Å². The van der Waals surface area contributed by atoms with Crippen LogP contribution in [0.2, 0.25) is 5.28 Å². The fourth-order valence-electron chi connectivity index (χ4n) is 1.98. The second kappa shape index (κ2) is 4.66. The van der Waals surface area contributed by atoms with Gasteiger partial charge in [-0.1, -0.05) is 13.3 Å². The van der Waals surface area contributed by atoms with Crippen molar-refractivity contribution in [1.82, 2.24) is 9.97 Å². The second-order valence-electron chi connectivity index (χ2n) is 3.99. The molecule has 3 nitrogen and oxygen atoms in total. The monoisotopic (exact) mass is 289 g/mol. The van der Waals surface area contributed by atoms with Crippen LogP contribution in [0.15, 0.2) is 10.7 Å². The average molecular weight is 291 g/mol. The molecule has 1 N–H and O–H groups in total. The van der Waals surface area contributed by atoms with Gasteiger partial charge in [-0.25, -0.2) is 4.98 Å². The topological polar surface area (TPSA) is 37.8 Å². The van der Waals surface area contributed by atoms with Gasteiger partial charge in [-0.15, -0.1) is 0 Å². The van der Waals surface area contributed by atoms with Crippen molar-refractivity contribution in [2.45, 2.75) is 32.2 Å². The molecule has 1 heterocycles. The molecule has 1 fully saturated rings. The summed E-state index contributed by atoms with van der Waals surface area (Å²) < 4.78 is 0.867. The molecule has 0 amide bonds. The molecule has 1 saturated carbocycles. The Morgan fingerprint density at radius 3 is 3.00 bits per heavy atom. The molecule has 2 rings (SSSR count). The molecule has 1 aromatic rings. The number of hydrogen-bond acceptors (Lipinski definition) is 3. The minimum Gasteiger partial charge on any atom is -0.366 e.